The summed E-state index contributed by atoms with van der Waals surface area (Å²) in [7, 11) is 0. The van der Waals surface area contributed by atoms with Crippen LogP contribution in [0.5, 0.6) is 0 Å². The topological polar surface area (TPSA) is 125 Å². The van der Waals surface area contributed by atoms with Gasteiger partial charge in [0.2, 0.25) is 0 Å². The van der Waals surface area contributed by atoms with E-state index in [-0.39, 0.29) is 0 Å². The summed E-state index contributed by atoms with van der Waals surface area (Å²) in [5.41, 5.74) is 0. The van der Waals surface area contributed by atoms with Crippen LogP contribution in [0.4, 0.5) is 0 Å². The lowest BCUT2D eigenvalue weighted by Crippen LogP contribution is -2.40. The average molecular weight is 387 g/mol. The summed E-state index contributed by atoms with van der Waals surface area (Å²) in [6.07, 6.45) is 10.9. The number of rotatable bonds is 15. The lowest BCUT2D eigenvalue weighted by molar-refractivity contribution is 0.270. The second-order valence-corrected chi connectivity index (χ2v) is 6.48. The molecule has 0 unspecified atom stereocenters. The predicted octanol–water partition coefficient (Wildman–Crippen LogP) is -0.173. The van der Waals surface area contributed by atoms with Gasteiger partial charge in [-0.1, -0.05) is 0 Å². The van der Waals surface area contributed by atoms with Gasteiger partial charge in [-0.2, -0.15) is 0 Å². The number of imidazole rings is 3. The van der Waals surface area contributed by atoms with Gasteiger partial charge in [0.05, 0.1) is 19.6 Å². The van der Waals surface area contributed by atoms with Gasteiger partial charge in [0.25, 0.3) is 0 Å². The number of aromatic amines is 3. The van der Waals surface area contributed by atoms with Gasteiger partial charge in [0.15, 0.2) is 0 Å². The highest BCUT2D eigenvalue weighted by Crippen LogP contribution is 1.92. The zero-order chi connectivity index (χ0) is 19.3. The lowest BCUT2D eigenvalue weighted by atomic mass is 10.4. The van der Waals surface area contributed by atoms with Crippen LogP contribution in [0, 0.1) is 0 Å². The molecule has 3 rings (SSSR count). The van der Waals surface area contributed by atoms with Crippen molar-refractivity contribution >= 4 is 0 Å². The van der Waals surface area contributed by atoms with E-state index in [1.807, 2.05) is 18.6 Å². The van der Waals surface area contributed by atoms with E-state index in [9.17, 15) is 0 Å². The van der Waals surface area contributed by atoms with Gasteiger partial charge < -0.3 is 30.9 Å². The van der Waals surface area contributed by atoms with Crippen molar-refractivity contribution in [2.45, 2.75) is 19.6 Å². The SMILES string of the molecule is c1c[nH]c(CNCCN(CCNCc2ncc[nH]2)CCNCc2ncc[nH]2)n1. The molecule has 28 heavy (non-hydrogen) atoms. The van der Waals surface area contributed by atoms with Crippen LogP contribution in [-0.2, 0) is 19.6 Å². The van der Waals surface area contributed by atoms with E-state index >= 15 is 0 Å². The summed E-state index contributed by atoms with van der Waals surface area (Å²) in [6, 6.07) is 0. The highest BCUT2D eigenvalue weighted by atomic mass is 15.2. The van der Waals surface area contributed by atoms with Gasteiger partial charge >= 0.3 is 0 Å². The summed E-state index contributed by atoms with van der Waals surface area (Å²) in [5.74, 6) is 2.89. The third-order valence-electron chi connectivity index (χ3n) is 4.36. The molecule has 0 saturated carbocycles. The fourth-order valence-corrected chi connectivity index (χ4v) is 2.85. The molecule has 0 aliphatic heterocycles. The molecule has 0 aliphatic carbocycles. The maximum atomic E-state index is 4.23. The normalized spacial score (nSPS) is 11.5. The molecule has 0 aromatic carbocycles. The van der Waals surface area contributed by atoms with Crippen LogP contribution in [0.1, 0.15) is 17.5 Å². The minimum atomic E-state index is 0.758. The molecule has 3 aromatic rings. The van der Waals surface area contributed by atoms with E-state index in [1.165, 1.54) is 0 Å². The second kappa shape index (κ2) is 12.0. The van der Waals surface area contributed by atoms with E-state index in [0.29, 0.717) is 0 Å². The molecule has 0 radical (unpaired) electrons. The molecule has 10 heteroatoms. The molecule has 0 aliphatic rings. The summed E-state index contributed by atoms with van der Waals surface area (Å²) < 4.78 is 0. The first-order valence-corrected chi connectivity index (χ1v) is 9.69. The minimum absolute atomic E-state index is 0.758. The second-order valence-electron chi connectivity index (χ2n) is 6.48. The van der Waals surface area contributed by atoms with Crippen molar-refractivity contribution < 1.29 is 0 Å². The maximum absolute atomic E-state index is 4.23. The Kier molecular flexibility index (Phi) is 8.69. The van der Waals surface area contributed by atoms with Gasteiger partial charge in [-0.05, 0) is 0 Å². The van der Waals surface area contributed by atoms with Crippen molar-refractivity contribution in [3.8, 4) is 0 Å². The molecule has 0 bridgehead atoms. The third-order valence-corrected chi connectivity index (χ3v) is 4.36. The van der Waals surface area contributed by atoms with Crippen molar-refractivity contribution in [1.29, 1.82) is 0 Å². The third kappa shape index (κ3) is 7.61. The van der Waals surface area contributed by atoms with Crippen LogP contribution in [0.25, 0.3) is 0 Å². The summed E-state index contributed by atoms with van der Waals surface area (Å²) in [4.78, 5) is 24.5. The van der Waals surface area contributed by atoms with E-state index in [4.69, 9.17) is 0 Å². The molecule has 3 aromatic heterocycles. The first-order valence-electron chi connectivity index (χ1n) is 9.69. The average Bonchev–Trinajstić information content (AvgIpc) is 3.48. The van der Waals surface area contributed by atoms with Gasteiger partial charge in [0.1, 0.15) is 17.5 Å². The first-order chi connectivity index (χ1) is 13.9. The summed E-state index contributed by atoms with van der Waals surface area (Å²) in [6.45, 7) is 7.95. The largest absolute Gasteiger partial charge is 0.348 e. The maximum Gasteiger partial charge on any atom is 0.120 e. The number of aromatic nitrogens is 6. The van der Waals surface area contributed by atoms with Gasteiger partial charge in [-0.15, -0.1) is 0 Å². The molecule has 0 amide bonds. The lowest BCUT2D eigenvalue weighted by Gasteiger charge is -2.23. The number of nitrogens with one attached hydrogen (secondary N) is 6. The Morgan fingerprint density at radius 3 is 1.25 bits per heavy atom. The van der Waals surface area contributed by atoms with Crippen LogP contribution in [0.3, 0.4) is 0 Å². The number of hydrogen-bond donors (Lipinski definition) is 6. The van der Waals surface area contributed by atoms with Crippen molar-refractivity contribution in [2.75, 3.05) is 39.3 Å². The van der Waals surface area contributed by atoms with Crippen LogP contribution >= 0.6 is 0 Å². The van der Waals surface area contributed by atoms with Gasteiger partial charge in [-0.25, -0.2) is 15.0 Å². The molecule has 3 heterocycles. The molecule has 10 nitrogen and oxygen atoms in total. The monoisotopic (exact) mass is 386 g/mol. The van der Waals surface area contributed by atoms with Crippen LogP contribution in [0.15, 0.2) is 37.2 Å². The highest BCUT2D eigenvalue weighted by Gasteiger charge is 2.05. The Hall–Kier alpha value is -2.53. The number of nitrogens with zero attached hydrogens (tertiary/aromatic N) is 4. The van der Waals surface area contributed by atoms with Crippen LogP contribution in [0.2, 0.25) is 0 Å². The Morgan fingerprint density at radius 1 is 0.607 bits per heavy atom. The molecular formula is C18H30N10. The molecule has 0 atom stereocenters. The van der Waals surface area contributed by atoms with Crippen LogP contribution < -0.4 is 16.0 Å². The van der Waals surface area contributed by atoms with Crippen molar-refractivity contribution in [2.24, 2.45) is 0 Å². The molecular weight excluding hydrogens is 356 g/mol. The van der Waals surface area contributed by atoms with Gasteiger partial charge in [0, 0.05) is 76.4 Å². The molecule has 152 valence electrons. The number of H-pyrrole nitrogens is 3. The first kappa shape index (κ1) is 20.2. The zero-order valence-corrected chi connectivity index (χ0v) is 16.1. The zero-order valence-electron chi connectivity index (χ0n) is 16.1. The molecule has 6 N–H and O–H groups in total. The predicted molar refractivity (Wildman–Crippen MR) is 107 cm³/mol. The van der Waals surface area contributed by atoms with Crippen molar-refractivity contribution in [3.05, 3.63) is 54.7 Å². The van der Waals surface area contributed by atoms with Gasteiger partial charge in [-0.3, -0.25) is 4.90 Å². The van der Waals surface area contributed by atoms with Crippen molar-refractivity contribution in [1.82, 2.24) is 50.8 Å². The Morgan fingerprint density at radius 2 is 0.964 bits per heavy atom. The van der Waals surface area contributed by atoms with E-state index in [0.717, 1.165) is 76.4 Å². The fraction of sp³-hybridized carbons (Fsp3) is 0.500. The smallest absolute Gasteiger partial charge is 0.120 e. The van der Waals surface area contributed by atoms with E-state index < -0.39 is 0 Å². The Bertz CT molecular complexity index is 607. The Balaban J connectivity index is 1.32. The summed E-state index contributed by atoms with van der Waals surface area (Å²) in [5, 5.41) is 10.3. The summed E-state index contributed by atoms with van der Waals surface area (Å²) >= 11 is 0. The molecule has 0 spiro atoms. The van der Waals surface area contributed by atoms with E-state index in [1.54, 1.807) is 18.6 Å². The highest BCUT2D eigenvalue weighted by molar-refractivity contribution is 4.87. The molecule has 0 saturated heterocycles. The standard InChI is InChI=1S/C18H30N10/c1-2-23-16(22-1)13-19-7-10-28(11-8-20-14-17-24-3-4-25-17)12-9-21-15-18-26-5-6-27-18/h1-6,19-21H,7-15H2,(H,22,23)(H,24,25)(H,26,27). The van der Waals surface area contributed by atoms with Crippen LogP contribution in [-0.4, -0.2) is 74.1 Å². The molecule has 0 fully saturated rings. The quantitative estimate of drug-likeness (QED) is 0.200. The number of hydrogen-bond acceptors (Lipinski definition) is 7. The fourth-order valence-electron chi connectivity index (χ4n) is 2.85. The van der Waals surface area contributed by atoms with Crippen molar-refractivity contribution in [3.63, 3.8) is 0 Å². The minimum Gasteiger partial charge on any atom is -0.348 e. The van der Waals surface area contributed by atoms with E-state index in [2.05, 4.69) is 50.8 Å². The Labute approximate surface area is 165 Å².